The zero-order valence-electron chi connectivity index (χ0n) is 24.6. The van der Waals surface area contributed by atoms with E-state index in [0.717, 1.165) is 44.0 Å². The first-order valence-electron chi connectivity index (χ1n) is 13.7. The molecule has 1 aromatic heterocycles. The highest BCUT2D eigenvalue weighted by atomic mass is 35.5. The van der Waals surface area contributed by atoms with Crippen molar-refractivity contribution < 1.29 is 19.1 Å². The molecule has 2 N–H and O–H groups in total. The van der Waals surface area contributed by atoms with Crippen LogP contribution in [0, 0.1) is 0 Å². The van der Waals surface area contributed by atoms with Gasteiger partial charge in [0.25, 0.3) is 0 Å². The molecule has 11 nitrogen and oxygen atoms in total. The molecule has 0 saturated carbocycles. The van der Waals surface area contributed by atoms with Crippen LogP contribution in [0.3, 0.4) is 0 Å². The third kappa shape index (κ3) is 7.48. The van der Waals surface area contributed by atoms with Crippen LogP contribution in [0.4, 0.5) is 27.7 Å². The molecule has 1 saturated heterocycles. The van der Waals surface area contributed by atoms with E-state index in [1.807, 2.05) is 12.1 Å². The zero-order chi connectivity index (χ0) is 31.1. The monoisotopic (exact) mass is 627 g/mol. The van der Waals surface area contributed by atoms with E-state index in [4.69, 9.17) is 32.7 Å². The number of anilines is 4. The minimum Gasteiger partial charge on any atom is -0.495 e. The summed E-state index contributed by atoms with van der Waals surface area (Å²) in [6.45, 7) is 10.6. The first-order chi connectivity index (χ1) is 20.7. The van der Waals surface area contributed by atoms with Crippen LogP contribution < -0.4 is 29.9 Å². The molecule has 13 heteroatoms. The van der Waals surface area contributed by atoms with Crippen molar-refractivity contribution in [3.05, 3.63) is 70.6 Å². The Morgan fingerprint density at radius 2 is 1.70 bits per heavy atom. The van der Waals surface area contributed by atoms with E-state index in [0.29, 0.717) is 35.1 Å². The summed E-state index contributed by atoms with van der Waals surface area (Å²) in [4.78, 5) is 40.2. The van der Waals surface area contributed by atoms with Gasteiger partial charge in [-0.1, -0.05) is 42.8 Å². The number of halogens is 2. The first-order valence-corrected chi connectivity index (χ1v) is 14.4. The summed E-state index contributed by atoms with van der Waals surface area (Å²) in [5.74, 6) is 0.615. The number of aromatic nitrogens is 2. The molecule has 0 aliphatic carbocycles. The topological polar surface area (TPSA) is 112 Å². The quantitative estimate of drug-likeness (QED) is 0.290. The number of nitrogens with one attached hydrogen (secondary N) is 2. The van der Waals surface area contributed by atoms with E-state index in [2.05, 4.69) is 50.0 Å². The smallest absolute Gasteiger partial charge is 0.327 e. The van der Waals surface area contributed by atoms with Gasteiger partial charge in [-0.2, -0.15) is 0 Å². The fraction of sp³-hybridized carbons (Fsp3) is 0.333. The second-order valence-electron chi connectivity index (χ2n) is 9.77. The number of amides is 3. The van der Waals surface area contributed by atoms with Crippen molar-refractivity contribution in [1.82, 2.24) is 14.9 Å². The summed E-state index contributed by atoms with van der Waals surface area (Å²) in [5, 5.41) is 5.90. The summed E-state index contributed by atoms with van der Waals surface area (Å²) >= 11 is 12.8. The molecule has 4 rings (SSSR count). The predicted molar refractivity (Wildman–Crippen MR) is 171 cm³/mol. The first kappa shape index (κ1) is 31.9. The van der Waals surface area contributed by atoms with Gasteiger partial charge in [0.05, 0.1) is 25.6 Å². The lowest BCUT2D eigenvalue weighted by molar-refractivity contribution is -0.111. The average molecular weight is 629 g/mol. The minimum absolute atomic E-state index is 0.128. The number of hydrogen-bond donors (Lipinski definition) is 2. The number of carbonyl (C=O) groups excluding carboxylic acids is 2. The SMILES string of the molecule is C=CC(=O)Nc1cc(N2CCN(CC)CC2)ccc1Cc1cc(N(C)C(=O)Nc2c(Cl)c(OC)cc(OC)c2Cl)ncn1. The van der Waals surface area contributed by atoms with Gasteiger partial charge in [-0.15, -0.1) is 0 Å². The largest absolute Gasteiger partial charge is 0.495 e. The fourth-order valence-electron chi connectivity index (χ4n) is 4.69. The molecule has 228 valence electrons. The molecule has 2 aromatic carbocycles. The van der Waals surface area contributed by atoms with Crippen LogP contribution in [0.25, 0.3) is 0 Å². The molecular formula is C30H35Cl2N7O4. The average Bonchev–Trinajstić information content (AvgIpc) is 3.03. The van der Waals surface area contributed by atoms with E-state index in [9.17, 15) is 9.59 Å². The van der Waals surface area contributed by atoms with E-state index < -0.39 is 6.03 Å². The third-order valence-electron chi connectivity index (χ3n) is 7.26. The number of rotatable bonds is 10. The summed E-state index contributed by atoms with van der Waals surface area (Å²) in [6.07, 6.45) is 3.00. The second-order valence-corrected chi connectivity index (χ2v) is 10.5. The Labute approximate surface area is 261 Å². The third-order valence-corrected chi connectivity index (χ3v) is 8.01. The fourth-order valence-corrected chi connectivity index (χ4v) is 5.28. The second kappa shape index (κ2) is 14.4. The summed E-state index contributed by atoms with van der Waals surface area (Å²) in [5.41, 5.74) is 3.34. The van der Waals surface area contributed by atoms with Crippen LogP contribution in [-0.4, -0.2) is 80.8 Å². The van der Waals surface area contributed by atoms with Gasteiger partial charge in [0, 0.05) is 63.2 Å². The Hall–Kier alpha value is -4.06. The highest BCUT2D eigenvalue weighted by Crippen LogP contribution is 2.44. The van der Waals surface area contributed by atoms with Crippen LogP contribution in [-0.2, 0) is 11.2 Å². The lowest BCUT2D eigenvalue weighted by Crippen LogP contribution is -2.46. The highest BCUT2D eigenvalue weighted by molar-refractivity contribution is 6.41. The molecule has 1 fully saturated rings. The van der Waals surface area contributed by atoms with Crippen molar-refractivity contribution in [2.75, 3.05) is 74.4 Å². The van der Waals surface area contributed by atoms with Gasteiger partial charge in [0.2, 0.25) is 5.91 Å². The van der Waals surface area contributed by atoms with Crippen LogP contribution in [0.1, 0.15) is 18.2 Å². The van der Waals surface area contributed by atoms with Crippen LogP contribution in [0.5, 0.6) is 11.5 Å². The Bertz CT molecular complexity index is 1470. The number of likely N-dealkylation sites (N-methyl/N-ethyl adjacent to an activating group) is 1. The molecule has 3 aromatic rings. The predicted octanol–water partition coefficient (Wildman–Crippen LogP) is 5.33. The maximum atomic E-state index is 13.2. The number of hydrogen-bond acceptors (Lipinski definition) is 8. The van der Waals surface area contributed by atoms with Crippen LogP contribution in [0.15, 0.2) is 49.3 Å². The lowest BCUT2D eigenvalue weighted by atomic mass is 10.0. The molecule has 3 amide bonds. The van der Waals surface area contributed by atoms with Crippen molar-refractivity contribution >= 4 is 58.0 Å². The minimum atomic E-state index is -0.546. The number of methoxy groups -OCH3 is 2. The van der Waals surface area contributed by atoms with Crippen molar-refractivity contribution in [3.8, 4) is 11.5 Å². The molecule has 1 aliphatic heterocycles. The Kier molecular flexibility index (Phi) is 10.7. The van der Waals surface area contributed by atoms with E-state index in [-0.39, 0.29) is 21.6 Å². The van der Waals surface area contributed by atoms with Gasteiger partial charge >= 0.3 is 6.03 Å². The number of nitrogens with zero attached hydrogens (tertiary/aromatic N) is 5. The highest BCUT2D eigenvalue weighted by Gasteiger charge is 2.22. The van der Waals surface area contributed by atoms with Crippen LogP contribution in [0.2, 0.25) is 10.0 Å². The van der Waals surface area contributed by atoms with Crippen molar-refractivity contribution in [3.63, 3.8) is 0 Å². The van der Waals surface area contributed by atoms with Crippen LogP contribution >= 0.6 is 23.2 Å². The summed E-state index contributed by atoms with van der Waals surface area (Å²) in [7, 11) is 4.46. The molecule has 2 heterocycles. The van der Waals surface area contributed by atoms with Gasteiger partial charge in [-0.3, -0.25) is 9.69 Å². The summed E-state index contributed by atoms with van der Waals surface area (Å²) < 4.78 is 10.6. The zero-order valence-corrected chi connectivity index (χ0v) is 26.1. The Balaban J connectivity index is 1.55. The molecule has 1 aliphatic rings. The van der Waals surface area contributed by atoms with Gasteiger partial charge < -0.3 is 29.9 Å². The number of carbonyl (C=O) groups is 2. The number of piperazine rings is 1. The van der Waals surface area contributed by atoms with E-state index in [1.54, 1.807) is 13.1 Å². The maximum absolute atomic E-state index is 13.2. The Morgan fingerprint density at radius 1 is 1.02 bits per heavy atom. The normalized spacial score (nSPS) is 13.3. The van der Waals surface area contributed by atoms with Crippen molar-refractivity contribution in [2.24, 2.45) is 0 Å². The maximum Gasteiger partial charge on any atom is 0.327 e. The number of urea groups is 1. The standard InChI is InChI=1S/C30H35Cl2N7O4/c1-6-26(40)35-22-16-21(39-12-10-38(7-2)11-13-39)9-8-19(22)14-20-15-25(34-18-33-20)37(3)30(41)36-29-27(31)23(42-4)17-24(43-5)28(29)32/h6,8-9,15-18H,1,7,10-14H2,2-5H3,(H,35,40)(H,36,41). The van der Waals surface area contributed by atoms with Crippen molar-refractivity contribution in [1.29, 1.82) is 0 Å². The molecular weight excluding hydrogens is 593 g/mol. The summed E-state index contributed by atoms with van der Waals surface area (Å²) in [6, 6.07) is 8.71. The molecule has 0 spiro atoms. The molecule has 0 unspecified atom stereocenters. The van der Waals surface area contributed by atoms with E-state index in [1.165, 1.54) is 37.6 Å². The molecule has 0 atom stereocenters. The number of benzene rings is 2. The molecule has 43 heavy (non-hydrogen) atoms. The molecule has 0 bridgehead atoms. The number of ether oxygens (including phenoxy) is 2. The lowest BCUT2D eigenvalue weighted by Gasteiger charge is -2.35. The van der Waals surface area contributed by atoms with Gasteiger partial charge in [0.15, 0.2) is 0 Å². The van der Waals surface area contributed by atoms with Gasteiger partial charge in [-0.05, 0) is 30.3 Å². The Morgan fingerprint density at radius 3 is 2.30 bits per heavy atom. The van der Waals surface area contributed by atoms with E-state index >= 15 is 0 Å². The van der Waals surface area contributed by atoms with Gasteiger partial charge in [-0.25, -0.2) is 14.8 Å². The van der Waals surface area contributed by atoms with Crippen molar-refractivity contribution in [2.45, 2.75) is 13.3 Å². The molecule has 0 radical (unpaired) electrons. The van der Waals surface area contributed by atoms with Gasteiger partial charge in [0.1, 0.15) is 33.7 Å².